The third-order valence-electron chi connectivity index (χ3n) is 14.2. The second-order valence-corrected chi connectivity index (χ2v) is 16.1. The highest BCUT2D eigenvalue weighted by molar-refractivity contribution is 5.77. The number of nitrogens with one attached hydrogen (secondary N) is 2. The number of ether oxygens (including phenoxy) is 2. The molecule has 0 radical (unpaired) electrons. The van der Waals surface area contributed by atoms with Gasteiger partial charge in [-0.1, -0.05) is 36.4 Å². The van der Waals surface area contributed by atoms with Crippen molar-refractivity contribution in [3.63, 3.8) is 0 Å². The maximum Gasteiger partial charge on any atom is 0.406 e. The number of hydrogen-bond donors (Lipinski definition) is 4. The Morgan fingerprint density at radius 3 is 1.80 bits per heavy atom. The van der Waals surface area contributed by atoms with Crippen LogP contribution >= 0.6 is 0 Å². The Kier molecular flexibility index (Phi) is 7.35. The zero-order chi connectivity index (χ0) is 38.8. The van der Waals surface area contributed by atoms with E-state index in [1.54, 1.807) is 12.4 Å². The lowest BCUT2D eigenvalue weighted by Crippen LogP contribution is -2.62. The molecule has 286 valence electrons. The Hall–Kier alpha value is -5.78. The number of amides is 2. The van der Waals surface area contributed by atoms with Gasteiger partial charge in [0.15, 0.2) is 11.4 Å². The van der Waals surface area contributed by atoms with Crippen LogP contribution in [0.2, 0.25) is 0 Å². The Bertz CT molecular complexity index is 2460. The van der Waals surface area contributed by atoms with E-state index in [1.165, 1.54) is 0 Å². The number of fused-ring (bicyclic) bond motifs is 14. The topological polar surface area (TPSA) is 203 Å². The maximum atomic E-state index is 13.0. The van der Waals surface area contributed by atoms with Gasteiger partial charge in [-0.25, -0.2) is 29.1 Å². The first-order valence-corrected chi connectivity index (χ1v) is 19.4. The predicted octanol–water partition coefficient (Wildman–Crippen LogP) is 4.98. The molecule has 2 unspecified atom stereocenters. The van der Waals surface area contributed by atoms with Crippen LogP contribution in [-0.2, 0) is 29.9 Å². The maximum absolute atomic E-state index is 13.0. The molecule has 4 aromatic rings. The number of aromatic nitrogens is 4. The summed E-state index contributed by atoms with van der Waals surface area (Å²) in [5, 5.41) is 0. The summed E-state index contributed by atoms with van der Waals surface area (Å²) in [6, 6.07) is 11.8. The van der Waals surface area contributed by atoms with Gasteiger partial charge >= 0.3 is 12.2 Å². The first-order valence-electron chi connectivity index (χ1n) is 19.4. The molecule has 2 aromatic carbocycles. The van der Waals surface area contributed by atoms with Gasteiger partial charge in [-0.2, -0.15) is 0 Å². The lowest BCUT2D eigenvalue weighted by molar-refractivity contribution is -0.141. The third kappa shape index (κ3) is 4.04. The van der Waals surface area contributed by atoms with Gasteiger partial charge in [-0.05, 0) is 85.8 Å². The van der Waals surface area contributed by atoms with Crippen molar-refractivity contribution < 1.29 is 28.7 Å². The summed E-state index contributed by atoms with van der Waals surface area (Å²) in [6.07, 6.45) is 6.57. The number of H-pyrrole nitrogens is 2. The van der Waals surface area contributed by atoms with E-state index in [2.05, 4.69) is 31.7 Å². The molecule has 0 spiro atoms. The van der Waals surface area contributed by atoms with Gasteiger partial charge in [0.1, 0.15) is 34.4 Å². The number of imidazole rings is 2. The Morgan fingerprint density at radius 2 is 1.27 bits per heavy atom. The van der Waals surface area contributed by atoms with Gasteiger partial charge in [0.05, 0.1) is 23.5 Å². The van der Waals surface area contributed by atoms with Gasteiger partial charge in [0, 0.05) is 49.5 Å². The quantitative estimate of drug-likeness (QED) is 0.201. The number of nitrogens with zero attached hydrogens (tertiary/aromatic N) is 4. The average Bonchev–Trinajstić information content (AvgIpc) is 4.03. The van der Waals surface area contributed by atoms with Crippen LogP contribution in [0.3, 0.4) is 0 Å². The molecule has 2 saturated heterocycles. The first kappa shape index (κ1) is 34.7. The molecule has 10 rings (SSSR count). The summed E-state index contributed by atoms with van der Waals surface area (Å²) in [5.41, 5.74) is 14.3. The molecule has 4 bridgehead atoms. The van der Waals surface area contributed by atoms with Crippen molar-refractivity contribution in [2.45, 2.75) is 99.6 Å². The van der Waals surface area contributed by atoms with Crippen molar-refractivity contribution in [2.24, 2.45) is 11.5 Å². The van der Waals surface area contributed by atoms with Crippen LogP contribution in [-0.4, -0.2) is 78.3 Å². The van der Waals surface area contributed by atoms with Gasteiger partial charge in [0.2, 0.25) is 0 Å². The van der Waals surface area contributed by atoms with Crippen LogP contribution in [0.15, 0.2) is 59.9 Å². The van der Waals surface area contributed by atoms with E-state index in [9.17, 15) is 19.2 Å². The van der Waals surface area contributed by atoms with Crippen LogP contribution in [0.5, 0.6) is 0 Å². The van der Waals surface area contributed by atoms with Crippen LogP contribution < -0.4 is 11.5 Å². The minimum absolute atomic E-state index is 0.126. The molecule has 2 amide bonds. The smallest absolute Gasteiger partial charge is 0.406 e. The molecule has 6 aliphatic rings. The van der Waals surface area contributed by atoms with E-state index in [-0.39, 0.29) is 12.1 Å². The van der Waals surface area contributed by atoms with Crippen molar-refractivity contribution in [3.05, 3.63) is 105 Å². The van der Waals surface area contributed by atoms with Crippen molar-refractivity contribution in [1.82, 2.24) is 29.7 Å². The first-order chi connectivity index (χ1) is 27.1. The molecule has 2 aromatic heterocycles. The number of aromatic amines is 2. The zero-order valence-corrected chi connectivity index (χ0v) is 31.2. The molecule has 6 N–H and O–H groups in total. The standard InChI is InChI=1S/C42H42N8O6/c1-23-24(2)30(42-28(22-52)14-16-40(42,56-38(44)54)50-18-4-6-32(50)36-46-20-34(42)48-36)12-11-29(23)25-7-9-26(10-8-25)41-27(21-51)13-15-39(41,55-37(43)53)49-17-3-5-31(49)35-45-19-33(41)47-35/h7-12,19-20,31-32H,3-6,13-18H2,1-2H3,(H2,43,53)(H2,44,54)(H,45,47)(H,46,48)/t31?,32?,39-,40-,41-,42+/m0/s1. The normalized spacial score (nSPS) is 31.4. The zero-order valence-electron chi connectivity index (χ0n) is 31.2. The fourth-order valence-corrected chi connectivity index (χ4v) is 12.1. The van der Waals surface area contributed by atoms with Crippen LogP contribution in [0.4, 0.5) is 9.59 Å². The van der Waals surface area contributed by atoms with Gasteiger partial charge < -0.3 is 30.9 Å². The molecule has 2 saturated carbocycles. The lowest BCUT2D eigenvalue weighted by Gasteiger charge is -2.50. The summed E-state index contributed by atoms with van der Waals surface area (Å²) in [5.74, 6) is 6.07. The highest BCUT2D eigenvalue weighted by Gasteiger charge is 2.71. The molecule has 4 aliphatic heterocycles. The van der Waals surface area contributed by atoms with E-state index in [4.69, 9.17) is 30.9 Å². The fourth-order valence-electron chi connectivity index (χ4n) is 12.1. The SMILES string of the molecule is Cc1c(-c2ccc([C@@]34C(=C=O)CC[C@@]3(OC(N)=O)N3CCCC3c3ncc4[nH]3)cc2)ccc([C@@]23C(=C=O)CC[C@@]2(OC(N)=O)N2CCCC2c2ncc3[nH]2)c1C. The van der Waals surface area contributed by atoms with Gasteiger partial charge in [-0.3, -0.25) is 9.80 Å². The number of hydrogen-bond acceptors (Lipinski definition) is 10. The van der Waals surface area contributed by atoms with Crippen molar-refractivity contribution >= 4 is 24.1 Å². The van der Waals surface area contributed by atoms with Crippen LogP contribution in [0.1, 0.15) is 109 Å². The number of carbonyl (C=O) groups is 2. The summed E-state index contributed by atoms with van der Waals surface area (Å²) < 4.78 is 12.5. The number of benzene rings is 2. The number of nitrogens with two attached hydrogens (primary N) is 2. The molecule has 14 nitrogen and oxygen atoms in total. The van der Waals surface area contributed by atoms with E-state index in [0.717, 1.165) is 70.7 Å². The summed E-state index contributed by atoms with van der Waals surface area (Å²) in [4.78, 5) is 72.4. The van der Waals surface area contributed by atoms with Crippen LogP contribution in [0, 0.1) is 13.8 Å². The molecule has 6 atom stereocenters. The largest absolute Gasteiger partial charge is 0.426 e. The Balaban J connectivity index is 1.13. The highest BCUT2D eigenvalue weighted by atomic mass is 16.6. The molecular weight excluding hydrogens is 713 g/mol. The minimum atomic E-state index is -1.27. The Morgan fingerprint density at radius 1 is 0.750 bits per heavy atom. The molecular formula is C42H42N8O6. The highest BCUT2D eigenvalue weighted by Crippen LogP contribution is 2.64. The molecule has 4 fully saturated rings. The summed E-state index contributed by atoms with van der Waals surface area (Å²) >= 11 is 0. The van der Waals surface area contributed by atoms with E-state index >= 15 is 0 Å². The van der Waals surface area contributed by atoms with E-state index < -0.39 is 34.5 Å². The third-order valence-corrected chi connectivity index (χ3v) is 14.2. The fraction of sp³-hybridized carbons (Fsp3) is 0.429. The van der Waals surface area contributed by atoms with Crippen molar-refractivity contribution in [3.8, 4) is 11.1 Å². The van der Waals surface area contributed by atoms with Crippen LogP contribution in [0.25, 0.3) is 11.1 Å². The summed E-state index contributed by atoms with van der Waals surface area (Å²) in [7, 11) is 0. The molecule has 2 aliphatic carbocycles. The Labute approximate surface area is 322 Å². The second-order valence-electron chi connectivity index (χ2n) is 16.1. The van der Waals surface area contributed by atoms with E-state index in [0.29, 0.717) is 61.3 Å². The number of primary amides is 2. The minimum Gasteiger partial charge on any atom is -0.426 e. The van der Waals surface area contributed by atoms with Gasteiger partial charge in [-0.15, -0.1) is 0 Å². The monoisotopic (exact) mass is 754 g/mol. The predicted molar refractivity (Wildman–Crippen MR) is 201 cm³/mol. The van der Waals surface area contributed by atoms with Gasteiger partial charge in [0.25, 0.3) is 0 Å². The van der Waals surface area contributed by atoms with E-state index in [1.807, 2.05) is 50.2 Å². The van der Waals surface area contributed by atoms with Crippen molar-refractivity contribution in [1.29, 1.82) is 0 Å². The number of carbonyl (C=O) groups excluding carboxylic acids is 4. The lowest BCUT2D eigenvalue weighted by atomic mass is 9.66. The molecule has 6 heterocycles. The molecule has 56 heavy (non-hydrogen) atoms. The van der Waals surface area contributed by atoms with Crippen molar-refractivity contribution in [2.75, 3.05) is 13.1 Å². The average molecular weight is 755 g/mol. The molecule has 14 heteroatoms. The number of rotatable bonds is 5. The summed E-state index contributed by atoms with van der Waals surface area (Å²) in [6.45, 7) is 5.37. The second kappa shape index (κ2) is 11.9.